The molecule has 1 aliphatic carbocycles. The Morgan fingerprint density at radius 3 is 2.35 bits per heavy atom. The van der Waals surface area contributed by atoms with Gasteiger partial charge >= 0.3 is 0 Å². The van der Waals surface area contributed by atoms with Crippen LogP contribution in [0.5, 0.6) is 0 Å². The van der Waals surface area contributed by atoms with Gasteiger partial charge in [-0.1, -0.05) is 19.3 Å². The summed E-state index contributed by atoms with van der Waals surface area (Å²) in [6.07, 6.45) is 5.67. The molecule has 1 saturated carbocycles. The van der Waals surface area contributed by atoms with Crippen molar-refractivity contribution in [2.24, 2.45) is 5.92 Å². The molecular formula is C25H25F3N2O. The zero-order chi connectivity index (χ0) is 22.1. The van der Waals surface area contributed by atoms with Gasteiger partial charge in [-0.2, -0.15) is 0 Å². The van der Waals surface area contributed by atoms with Crippen LogP contribution in [-0.4, -0.2) is 16.9 Å². The van der Waals surface area contributed by atoms with Gasteiger partial charge in [0.2, 0.25) is 0 Å². The Kier molecular flexibility index (Phi) is 5.99. The maximum absolute atomic E-state index is 14.0. The molecule has 0 radical (unpaired) electrons. The first-order chi connectivity index (χ1) is 14.8. The molecule has 1 N–H and O–H groups in total. The molecule has 1 amide bonds. The standard InChI is InChI=1S/C25H25F3N2O/c1-14-23(25(31)29-15(2)16-6-4-3-5-7-16)21-13-18(26)8-9-22(21)30-24(14)17-10-19(27)12-20(28)11-17/h8-13,15-16H,3-7H2,1-2H3,(H,29,31)/t15-/m0/s1. The number of nitrogens with one attached hydrogen (secondary N) is 1. The maximum atomic E-state index is 14.0. The molecule has 1 aromatic heterocycles. The van der Waals surface area contributed by atoms with Gasteiger partial charge in [0, 0.05) is 23.1 Å². The van der Waals surface area contributed by atoms with E-state index in [4.69, 9.17) is 0 Å². The smallest absolute Gasteiger partial charge is 0.252 e. The Labute approximate surface area is 179 Å². The number of hydrogen-bond donors (Lipinski definition) is 1. The summed E-state index contributed by atoms with van der Waals surface area (Å²) in [5.41, 5.74) is 1.66. The highest BCUT2D eigenvalue weighted by Crippen LogP contribution is 2.32. The van der Waals surface area contributed by atoms with Gasteiger partial charge < -0.3 is 5.32 Å². The fraction of sp³-hybridized carbons (Fsp3) is 0.360. The minimum absolute atomic E-state index is 0.0287. The number of carbonyl (C=O) groups is 1. The zero-order valence-electron chi connectivity index (χ0n) is 17.6. The molecule has 0 aliphatic heterocycles. The molecule has 2 aromatic carbocycles. The van der Waals surface area contributed by atoms with Crippen molar-refractivity contribution in [1.82, 2.24) is 10.3 Å². The van der Waals surface area contributed by atoms with E-state index in [9.17, 15) is 18.0 Å². The molecule has 0 unspecified atom stereocenters. The van der Waals surface area contributed by atoms with Crippen LogP contribution in [-0.2, 0) is 0 Å². The minimum Gasteiger partial charge on any atom is -0.349 e. The monoisotopic (exact) mass is 426 g/mol. The Balaban J connectivity index is 1.81. The SMILES string of the molecule is Cc1c(-c2cc(F)cc(F)c2)nc2ccc(F)cc2c1C(=O)N[C@@H](C)C1CCCCC1. The lowest BCUT2D eigenvalue weighted by atomic mass is 9.84. The van der Waals surface area contributed by atoms with Crippen LogP contribution in [0, 0.1) is 30.3 Å². The second-order valence-electron chi connectivity index (χ2n) is 8.44. The number of amides is 1. The van der Waals surface area contributed by atoms with E-state index >= 15 is 0 Å². The van der Waals surface area contributed by atoms with Crippen LogP contribution >= 0.6 is 0 Å². The number of rotatable bonds is 4. The number of benzene rings is 2. The van der Waals surface area contributed by atoms with Crippen molar-refractivity contribution in [3.8, 4) is 11.3 Å². The number of fused-ring (bicyclic) bond motifs is 1. The van der Waals surface area contributed by atoms with Crippen LogP contribution < -0.4 is 5.32 Å². The van der Waals surface area contributed by atoms with Gasteiger partial charge in [0.15, 0.2) is 0 Å². The van der Waals surface area contributed by atoms with Crippen molar-refractivity contribution in [3.05, 3.63) is 65.0 Å². The van der Waals surface area contributed by atoms with E-state index in [-0.39, 0.29) is 23.1 Å². The third kappa shape index (κ3) is 4.43. The van der Waals surface area contributed by atoms with Gasteiger partial charge in [-0.3, -0.25) is 4.79 Å². The molecule has 0 bridgehead atoms. The predicted molar refractivity (Wildman–Crippen MR) is 115 cm³/mol. The fourth-order valence-electron chi connectivity index (χ4n) is 4.63. The van der Waals surface area contributed by atoms with E-state index in [1.807, 2.05) is 6.92 Å². The van der Waals surface area contributed by atoms with Crippen molar-refractivity contribution >= 4 is 16.8 Å². The molecule has 1 atom stereocenters. The number of aromatic nitrogens is 1. The summed E-state index contributed by atoms with van der Waals surface area (Å²) in [4.78, 5) is 17.9. The van der Waals surface area contributed by atoms with Crippen LogP contribution in [0.1, 0.15) is 54.9 Å². The van der Waals surface area contributed by atoms with Gasteiger partial charge in [0.05, 0.1) is 16.8 Å². The third-order valence-electron chi connectivity index (χ3n) is 6.27. The summed E-state index contributed by atoms with van der Waals surface area (Å²) in [5.74, 6) is -1.86. The Morgan fingerprint density at radius 2 is 1.68 bits per heavy atom. The minimum atomic E-state index is -0.729. The molecule has 0 spiro atoms. The van der Waals surface area contributed by atoms with E-state index in [0.717, 1.165) is 31.7 Å². The van der Waals surface area contributed by atoms with Gasteiger partial charge in [0.25, 0.3) is 5.91 Å². The third-order valence-corrected chi connectivity index (χ3v) is 6.27. The van der Waals surface area contributed by atoms with Crippen LogP contribution in [0.2, 0.25) is 0 Å². The van der Waals surface area contributed by atoms with Gasteiger partial charge in [0.1, 0.15) is 17.5 Å². The molecule has 1 aliphatic rings. The van der Waals surface area contributed by atoms with Crippen LogP contribution in [0.25, 0.3) is 22.2 Å². The molecule has 3 nitrogen and oxygen atoms in total. The molecule has 4 rings (SSSR count). The van der Waals surface area contributed by atoms with Crippen molar-refractivity contribution in [2.45, 2.75) is 52.0 Å². The van der Waals surface area contributed by atoms with Gasteiger partial charge in [-0.25, -0.2) is 18.2 Å². The van der Waals surface area contributed by atoms with Crippen molar-refractivity contribution < 1.29 is 18.0 Å². The highest BCUT2D eigenvalue weighted by molar-refractivity contribution is 6.09. The molecule has 31 heavy (non-hydrogen) atoms. The highest BCUT2D eigenvalue weighted by Gasteiger charge is 2.25. The first-order valence-corrected chi connectivity index (χ1v) is 10.7. The molecule has 6 heteroatoms. The summed E-state index contributed by atoms with van der Waals surface area (Å²) in [6, 6.07) is 7.14. The van der Waals surface area contributed by atoms with Crippen LogP contribution in [0.15, 0.2) is 36.4 Å². The lowest BCUT2D eigenvalue weighted by molar-refractivity contribution is 0.0920. The molecule has 1 fully saturated rings. The van der Waals surface area contributed by atoms with Crippen molar-refractivity contribution in [3.63, 3.8) is 0 Å². The van der Waals surface area contributed by atoms with E-state index in [1.54, 1.807) is 6.92 Å². The number of hydrogen-bond acceptors (Lipinski definition) is 2. The first kappa shape index (κ1) is 21.3. The second kappa shape index (κ2) is 8.69. The second-order valence-corrected chi connectivity index (χ2v) is 8.44. The zero-order valence-corrected chi connectivity index (χ0v) is 17.6. The summed E-state index contributed by atoms with van der Waals surface area (Å²) in [6.45, 7) is 3.67. The fourth-order valence-corrected chi connectivity index (χ4v) is 4.63. The first-order valence-electron chi connectivity index (χ1n) is 10.7. The highest BCUT2D eigenvalue weighted by atomic mass is 19.1. The molecule has 0 saturated heterocycles. The van der Waals surface area contributed by atoms with Crippen molar-refractivity contribution in [2.75, 3.05) is 0 Å². The molecule has 1 heterocycles. The lowest BCUT2D eigenvalue weighted by Gasteiger charge is -2.28. The van der Waals surface area contributed by atoms with Crippen LogP contribution in [0.3, 0.4) is 0 Å². The predicted octanol–water partition coefficient (Wildman–Crippen LogP) is 6.33. The van der Waals surface area contributed by atoms with E-state index in [1.165, 1.54) is 36.8 Å². The molecule has 3 aromatic rings. The summed E-state index contributed by atoms with van der Waals surface area (Å²) < 4.78 is 41.7. The average molecular weight is 426 g/mol. The molecular weight excluding hydrogens is 401 g/mol. The lowest BCUT2D eigenvalue weighted by Crippen LogP contribution is -2.39. The van der Waals surface area contributed by atoms with Gasteiger partial charge in [-0.05, 0) is 68.5 Å². The maximum Gasteiger partial charge on any atom is 0.252 e. The largest absolute Gasteiger partial charge is 0.349 e. The Bertz CT molecular complexity index is 1120. The van der Waals surface area contributed by atoms with E-state index < -0.39 is 17.5 Å². The average Bonchev–Trinajstić information content (AvgIpc) is 2.73. The normalized spacial score (nSPS) is 15.8. The number of nitrogens with zero attached hydrogens (tertiary/aromatic N) is 1. The van der Waals surface area contributed by atoms with E-state index in [2.05, 4.69) is 10.3 Å². The Morgan fingerprint density at radius 1 is 1.00 bits per heavy atom. The summed E-state index contributed by atoms with van der Waals surface area (Å²) in [7, 11) is 0. The number of carbonyl (C=O) groups excluding carboxylic acids is 1. The number of pyridine rings is 1. The molecule has 162 valence electrons. The van der Waals surface area contributed by atoms with Crippen LogP contribution in [0.4, 0.5) is 13.2 Å². The topological polar surface area (TPSA) is 42.0 Å². The summed E-state index contributed by atoms with van der Waals surface area (Å²) >= 11 is 0. The van der Waals surface area contributed by atoms with E-state index in [0.29, 0.717) is 28.1 Å². The van der Waals surface area contributed by atoms with Crippen molar-refractivity contribution in [1.29, 1.82) is 0 Å². The summed E-state index contributed by atoms with van der Waals surface area (Å²) in [5, 5.41) is 3.46. The van der Waals surface area contributed by atoms with Gasteiger partial charge in [-0.15, -0.1) is 0 Å². The quantitative estimate of drug-likeness (QED) is 0.530. The number of halogens is 3. The Hall–Kier alpha value is -2.89.